The number of carbonyl (C=O) groups is 1. The summed E-state index contributed by atoms with van der Waals surface area (Å²) in [6.07, 6.45) is 1.50. The molecule has 0 radical (unpaired) electrons. The van der Waals surface area contributed by atoms with Gasteiger partial charge in [-0.25, -0.2) is 4.31 Å². The third-order valence-electron chi connectivity index (χ3n) is 4.55. The summed E-state index contributed by atoms with van der Waals surface area (Å²) in [5, 5.41) is 2.75. The number of benzene rings is 2. The quantitative estimate of drug-likeness (QED) is 0.815. The molecule has 1 amide bonds. The minimum atomic E-state index is -4.03. The summed E-state index contributed by atoms with van der Waals surface area (Å²) in [4.78, 5) is 12.9. The third kappa shape index (κ3) is 4.32. The molecule has 1 aliphatic rings. The molecule has 8 heteroatoms. The van der Waals surface area contributed by atoms with Gasteiger partial charge in [-0.3, -0.25) is 4.79 Å². The van der Waals surface area contributed by atoms with E-state index < -0.39 is 16.1 Å². The molecular formula is C21H23N3O4S. The van der Waals surface area contributed by atoms with Gasteiger partial charge in [0.15, 0.2) is 0 Å². The Morgan fingerprint density at radius 2 is 1.83 bits per heavy atom. The van der Waals surface area contributed by atoms with Gasteiger partial charge >= 0.3 is 10.2 Å². The fourth-order valence-electron chi connectivity index (χ4n) is 3.04. The van der Waals surface area contributed by atoms with Gasteiger partial charge in [0.05, 0.1) is 12.8 Å². The molecule has 0 atom stereocenters. The van der Waals surface area contributed by atoms with E-state index in [0.717, 1.165) is 15.4 Å². The molecule has 0 unspecified atom stereocenters. The predicted molar refractivity (Wildman–Crippen MR) is 113 cm³/mol. The Hall–Kier alpha value is -3.13. The topological polar surface area (TPSA) is 88.1 Å². The van der Waals surface area contributed by atoms with Crippen LogP contribution in [0.15, 0.2) is 58.6 Å². The van der Waals surface area contributed by atoms with E-state index in [2.05, 4.69) is 9.71 Å². The molecule has 152 valence electrons. The minimum Gasteiger partial charge on any atom is -0.496 e. The number of aryl methyl sites for hydroxylation is 2. The Labute approximate surface area is 170 Å². The van der Waals surface area contributed by atoms with Crippen molar-refractivity contribution in [1.29, 1.82) is 0 Å². The predicted octanol–water partition coefficient (Wildman–Crippen LogP) is 3.20. The van der Waals surface area contributed by atoms with Gasteiger partial charge in [0.1, 0.15) is 11.4 Å². The van der Waals surface area contributed by atoms with Crippen molar-refractivity contribution in [3.8, 4) is 5.75 Å². The van der Waals surface area contributed by atoms with Crippen LogP contribution in [0.5, 0.6) is 5.75 Å². The van der Waals surface area contributed by atoms with Crippen LogP contribution in [0.3, 0.4) is 0 Å². The van der Waals surface area contributed by atoms with E-state index in [0.29, 0.717) is 17.0 Å². The molecule has 2 aromatic rings. The van der Waals surface area contributed by atoms with Gasteiger partial charge < -0.3 is 10.1 Å². The first-order valence-corrected chi connectivity index (χ1v) is 10.5. The number of rotatable bonds is 5. The third-order valence-corrected chi connectivity index (χ3v) is 5.99. The highest BCUT2D eigenvalue weighted by atomic mass is 32.2. The van der Waals surface area contributed by atoms with E-state index in [-0.39, 0.29) is 18.0 Å². The molecule has 1 aliphatic heterocycles. The number of nitrogens with zero attached hydrogens (tertiary/aromatic N) is 2. The van der Waals surface area contributed by atoms with Crippen molar-refractivity contribution < 1.29 is 17.9 Å². The van der Waals surface area contributed by atoms with Gasteiger partial charge in [-0.1, -0.05) is 17.7 Å². The molecule has 0 spiro atoms. The van der Waals surface area contributed by atoms with Gasteiger partial charge in [0, 0.05) is 17.8 Å². The minimum absolute atomic E-state index is 0.0200. The second-order valence-electron chi connectivity index (χ2n) is 6.65. The standard InChI is InChI=1S/C21H23N3O4S/c1-5-24-19(21(25)22-17-9-6-14(2)7-10-17)13-18(23-29(24,26)27)16-8-11-20(28-4)15(3)12-16/h6-13H,5H2,1-4H3,(H,22,25). The summed E-state index contributed by atoms with van der Waals surface area (Å²) in [6.45, 7) is 5.55. The number of amides is 1. The molecule has 1 heterocycles. The van der Waals surface area contributed by atoms with Crippen LogP contribution in [0.1, 0.15) is 23.6 Å². The number of allylic oxidation sites excluding steroid dienone is 1. The molecule has 29 heavy (non-hydrogen) atoms. The highest BCUT2D eigenvalue weighted by Crippen LogP contribution is 2.25. The Kier molecular flexibility index (Phi) is 5.74. The Morgan fingerprint density at radius 1 is 1.14 bits per heavy atom. The normalized spacial score (nSPS) is 15.4. The Bertz CT molecular complexity index is 1100. The summed E-state index contributed by atoms with van der Waals surface area (Å²) in [5.74, 6) is 0.168. The largest absolute Gasteiger partial charge is 0.496 e. The Morgan fingerprint density at radius 3 is 2.41 bits per heavy atom. The zero-order valence-electron chi connectivity index (χ0n) is 16.8. The van der Waals surface area contributed by atoms with Gasteiger partial charge in [-0.15, -0.1) is 4.40 Å². The van der Waals surface area contributed by atoms with Crippen molar-refractivity contribution in [2.75, 3.05) is 19.0 Å². The molecule has 2 aromatic carbocycles. The molecule has 0 saturated carbocycles. The zero-order valence-corrected chi connectivity index (χ0v) is 17.6. The molecule has 0 aromatic heterocycles. The zero-order chi connectivity index (χ0) is 21.2. The van der Waals surface area contributed by atoms with Crippen molar-refractivity contribution >= 4 is 27.5 Å². The number of nitrogens with one attached hydrogen (secondary N) is 1. The van der Waals surface area contributed by atoms with Crippen molar-refractivity contribution in [3.05, 3.63) is 70.9 Å². The van der Waals surface area contributed by atoms with Crippen molar-refractivity contribution in [1.82, 2.24) is 4.31 Å². The molecule has 0 bridgehead atoms. The lowest BCUT2D eigenvalue weighted by Gasteiger charge is -2.26. The average molecular weight is 413 g/mol. The maximum atomic E-state index is 12.9. The number of likely N-dealkylation sites (N-methyl/N-ethyl adjacent to an activating group) is 1. The highest BCUT2D eigenvalue weighted by molar-refractivity contribution is 7.88. The maximum absolute atomic E-state index is 12.9. The lowest BCUT2D eigenvalue weighted by atomic mass is 10.1. The summed E-state index contributed by atoms with van der Waals surface area (Å²) in [6, 6.07) is 12.5. The summed E-state index contributed by atoms with van der Waals surface area (Å²) in [7, 11) is -2.47. The highest BCUT2D eigenvalue weighted by Gasteiger charge is 2.32. The lowest BCUT2D eigenvalue weighted by Crippen LogP contribution is -2.38. The monoisotopic (exact) mass is 413 g/mol. The molecule has 0 saturated heterocycles. The van der Waals surface area contributed by atoms with E-state index >= 15 is 0 Å². The van der Waals surface area contributed by atoms with Crippen LogP contribution in [0, 0.1) is 13.8 Å². The van der Waals surface area contributed by atoms with E-state index in [1.54, 1.807) is 44.4 Å². The van der Waals surface area contributed by atoms with Crippen LogP contribution in [0.4, 0.5) is 5.69 Å². The summed E-state index contributed by atoms with van der Waals surface area (Å²) >= 11 is 0. The van der Waals surface area contributed by atoms with E-state index in [1.165, 1.54) is 6.08 Å². The molecule has 3 rings (SSSR count). The first-order valence-electron chi connectivity index (χ1n) is 9.12. The van der Waals surface area contributed by atoms with Gasteiger partial charge in [0.2, 0.25) is 0 Å². The lowest BCUT2D eigenvalue weighted by molar-refractivity contribution is -0.113. The fraction of sp³-hybridized carbons (Fsp3) is 0.238. The average Bonchev–Trinajstić information content (AvgIpc) is 2.68. The van der Waals surface area contributed by atoms with Gasteiger partial charge in [-0.2, -0.15) is 8.42 Å². The van der Waals surface area contributed by atoms with Crippen LogP contribution in [-0.2, 0) is 15.0 Å². The molecule has 0 aliphatic carbocycles. The first-order chi connectivity index (χ1) is 13.7. The molecular weight excluding hydrogens is 390 g/mol. The van der Waals surface area contributed by atoms with Crippen molar-refractivity contribution in [2.24, 2.45) is 4.40 Å². The second-order valence-corrected chi connectivity index (χ2v) is 8.17. The first kappa shape index (κ1) is 20.6. The van der Waals surface area contributed by atoms with Crippen LogP contribution in [-0.4, -0.2) is 38.0 Å². The van der Waals surface area contributed by atoms with Crippen molar-refractivity contribution in [3.63, 3.8) is 0 Å². The SMILES string of the molecule is CCN1C(C(=O)Nc2ccc(C)cc2)=CC(c2ccc(OC)c(C)c2)=NS1(=O)=O. The number of anilines is 1. The maximum Gasteiger partial charge on any atom is 0.345 e. The van der Waals surface area contributed by atoms with Crippen LogP contribution in [0.2, 0.25) is 0 Å². The number of carbonyl (C=O) groups excluding carboxylic acids is 1. The smallest absolute Gasteiger partial charge is 0.345 e. The molecule has 7 nitrogen and oxygen atoms in total. The van der Waals surface area contributed by atoms with Crippen LogP contribution < -0.4 is 10.1 Å². The number of methoxy groups -OCH3 is 1. The van der Waals surface area contributed by atoms with E-state index in [9.17, 15) is 13.2 Å². The van der Waals surface area contributed by atoms with E-state index in [1.807, 2.05) is 26.0 Å². The van der Waals surface area contributed by atoms with Crippen LogP contribution >= 0.6 is 0 Å². The van der Waals surface area contributed by atoms with E-state index in [4.69, 9.17) is 4.74 Å². The second kappa shape index (κ2) is 8.08. The number of ether oxygens (including phenoxy) is 1. The van der Waals surface area contributed by atoms with Crippen molar-refractivity contribution in [2.45, 2.75) is 20.8 Å². The molecule has 0 fully saturated rings. The molecule has 1 N–H and O–H groups in total. The summed E-state index contributed by atoms with van der Waals surface area (Å²) in [5.41, 5.74) is 3.28. The number of hydrogen-bond donors (Lipinski definition) is 1. The van der Waals surface area contributed by atoms with Gasteiger partial charge in [-0.05, 0) is 62.7 Å². The number of hydrogen-bond acceptors (Lipinski definition) is 4. The van der Waals surface area contributed by atoms with Gasteiger partial charge in [0.25, 0.3) is 5.91 Å². The summed E-state index contributed by atoms with van der Waals surface area (Å²) < 4.78 is 35.6. The Balaban J connectivity index is 2.01. The van der Waals surface area contributed by atoms with Crippen LogP contribution in [0.25, 0.3) is 0 Å². The fourth-order valence-corrected chi connectivity index (χ4v) is 4.26.